The highest BCUT2D eigenvalue weighted by molar-refractivity contribution is 6.02. The minimum Gasteiger partial charge on any atom is -0.462 e. The summed E-state index contributed by atoms with van der Waals surface area (Å²) >= 11 is 0. The fourth-order valence-corrected chi connectivity index (χ4v) is 3.70. The summed E-state index contributed by atoms with van der Waals surface area (Å²) in [5, 5.41) is 9.70. The second kappa shape index (κ2) is 8.22. The number of nitriles is 1. The van der Waals surface area contributed by atoms with Crippen molar-refractivity contribution in [1.29, 1.82) is 5.26 Å². The van der Waals surface area contributed by atoms with E-state index < -0.39 is 0 Å². The molecule has 0 bridgehead atoms. The Morgan fingerprint density at radius 3 is 2.63 bits per heavy atom. The van der Waals surface area contributed by atoms with Gasteiger partial charge < -0.3 is 9.30 Å². The summed E-state index contributed by atoms with van der Waals surface area (Å²) in [5.41, 5.74) is 5.49. The van der Waals surface area contributed by atoms with E-state index in [1.807, 2.05) is 72.2 Å². The van der Waals surface area contributed by atoms with Crippen LogP contribution in [0, 0.1) is 18.3 Å². The van der Waals surface area contributed by atoms with Gasteiger partial charge in [-0.25, -0.2) is 9.78 Å². The molecular formula is C25H21N3O2. The average molecular weight is 395 g/mol. The molecule has 0 aliphatic carbocycles. The lowest BCUT2D eigenvalue weighted by Crippen LogP contribution is -2.09. The Kier molecular flexibility index (Phi) is 5.32. The van der Waals surface area contributed by atoms with Gasteiger partial charge in [0.2, 0.25) is 0 Å². The maximum atomic E-state index is 12.5. The van der Waals surface area contributed by atoms with Gasteiger partial charge in [0.25, 0.3) is 0 Å². The molecule has 0 amide bonds. The molecule has 1 aromatic heterocycles. The molecule has 5 heteroatoms. The van der Waals surface area contributed by atoms with Crippen molar-refractivity contribution in [2.24, 2.45) is 0 Å². The molecular weight excluding hydrogens is 374 g/mol. The largest absolute Gasteiger partial charge is 0.462 e. The molecule has 0 saturated heterocycles. The van der Waals surface area contributed by atoms with Crippen molar-refractivity contribution in [3.8, 4) is 17.2 Å². The van der Waals surface area contributed by atoms with Gasteiger partial charge in [-0.1, -0.05) is 48.5 Å². The standard InChI is InChI=1S/C25H21N3O2/c1-3-30-25(29)22-10-7-11-23-24(22)28(17(2)27-23)16-18-12-13-21(20(14-18)15-26)19-8-5-4-6-9-19/h4-14H,3,16H2,1-2H3. The fraction of sp³-hybridized carbons (Fsp3) is 0.160. The SMILES string of the molecule is CCOC(=O)c1cccc2nc(C)n(Cc3ccc(-c4ccccc4)c(C#N)c3)c12. The number of benzene rings is 3. The van der Waals surface area contributed by atoms with Gasteiger partial charge in [-0.2, -0.15) is 5.26 Å². The minimum absolute atomic E-state index is 0.314. The second-order valence-electron chi connectivity index (χ2n) is 7.00. The van der Waals surface area contributed by atoms with E-state index in [0.29, 0.717) is 24.3 Å². The molecule has 0 radical (unpaired) electrons. The van der Waals surface area contributed by atoms with Crippen LogP contribution in [-0.2, 0) is 11.3 Å². The van der Waals surface area contributed by atoms with Crippen molar-refractivity contribution in [3.63, 3.8) is 0 Å². The van der Waals surface area contributed by atoms with E-state index in [1.165, 1.54) is 0 Å². The van der Waals surface area contributed by atoms with Crippen molar-refractivity contribution >= 4 is 17.0 Å². The number of ether oxygens (including phenoxy) is 1. The monoisotopic (exact) mass is 395 g/mol. The molecule has 0 aliphatic heterocycles. The summed E-state index contributed by atoms with van der Waals surface area (Å²) in [5.74, 6) is 0.439. The fourth-order valence-electron chi connectivity index (χ4n) is 3.70. The Labute approximate surface area is 175 Å². The third kappa shape index (κ3) is 3.56. The van der Waals surface area contributed by atoms with Crippen LogP contribution in [0.25, 0.3) is 22.2 Å². The molecule has 30 heavy (non-hydrogen) atoms. The molecule has 1 heterocycles. The number of carbonyl (C=O) groups is 1. The zero-order chi connectivity index (χ0) is 21.1. The first-order valence-electron chi connectivity index (χ1n) is 9.83. The van der Waals surface area contributed by atoms with Gasteiger partial charge in [0.15, 0.2) is 0 Å². The first-order chi connectivity index (χ1) is 14.6. The lowest BCUT2D eigenvalue weighted by molar-refractivity contribution is 0.0528. The van der Waals surface area contributed by atoms with Gasteiger partial charge in [-0.05, 0) is 48.7 Å². The van der Waals surface area contributed by atoms with Crippen LogP contribution in [0.15, 0.2) is 66.7 Å². The molecule has 148 valence electrons. The highest BCUT2D eigenvalue weighted by Crippen LogP contribution is 2.26. The van der Waals surface area contributed by atoms with Crippen LogP contribution in [0.1, 0.15) is 34.2 Å². The topological polar surface area (TPSA) is 67.9 Å². The van der Waals surface area contributed by atoms with Gasteiger partial charge >= 0.3 is 5.97 Å². The van der Waals surface area contributed by atoms with E-state index in [0.717, 1.165) is 33.5 Å². The van der Waals surface area contributed by atoms with E-state index in [-0.39, 0.29) is 5.97 Å². The van der Waals surface area contributed by atoms with E-state index in [4.69, 9.17) is 4.74 Å². The lowest BCUT2D eigenvalue weighted by atomic mass is 9.98. The van der Waals surface area contributed by atoms with E-state index in [2.05, 4.69) is 11.1 Å². The lowest BCUT2D eigenvalue weighted by Gasteiger charge is -2.12. The number of hydrogen-bond donors (Lipinski definition) is 0. The Balaban J connectivity index is 1.77. The number of rotatable bonds is 5. The Morgan fingerprint density at radius 2 is 1.90 bits per heavy atom. The van der Waals surface area contributed by atoms with Gasteiger partial charge in [0.1, 0.15) is 5.82 Å². The van der Waals surface area contributed by atoms with Crippen molar-refractivity contribution in [2.75, 3.05) is 6.61 Å². The molecule has 0 unspecified atom stereocenters. The second-order valence-corrected chi connectivity index (χ2v) is 7.00. The summed E-state index contributed by atoms with van der Waals surface area (Å²) < 4.78 is 7.23. The number of imidazole rings is 1. The number of esters is 1. The Morgan fingerprint density at radius 1 is 1.10 bits per heavy atom. The molecule has 0 atom stereocenters. The summed E-state index contributed by atoms with van der Waals surface area (Å²) in [6, 6.07) is 23.5. The molecule has 0 fully saturated rings. The molecule has 0 N–H and O–H groups in total. The summed E-state index contributed by atoms with van der Waals surface area (Å²) in [7, 11) is 0. The quantitative estimate of drug-likeness (QED) is 0.441. The van der Waals surface area contributed by atoms with Crippen LogP contribution in [0.2, 0.25) is 0 Å². The van der Waals surface area contributed by atoms with Crippen LogP contribution < -0.4 is 0 Å². The number of aryl methyl sites for hydroxylation is 1. The van der Waals surface area contributed by atoms with Crippen LogP contribution in [0.3, 0.4) is 0 Å². The molecule has 4 aromatic rings. The molecule has 4 rings (SSSR count). The van der Waals surface area contributed by atoms with Crippen molar-refractivity contribution < 1.29 is 9.53 Å². The first-order valence-corrected chi connectivity index (χ1v) is 9.83. The zero-order valence-corrected chi connectivity index (χ0v) is 16.9. The average Bonchev–Trinajstić information content (AvgIpc) is 3.09. The molecule has 0 saturated carbocycles. The third-order valence-corrected chi connectivity index (χ3v) is 5.08. The predicted molar refractivity (Wildman–Crippen MR) is 116 cm³/mol. The van der Waals surface area contributed by atoms with Crippen molar-refractivity contribution in [2.45, 2.75) is 20.4 Å². The number of nitrogens with zero attached hydrogens (tertiary/aromatic N) is 3. The van der Waals surface area contributed by atoms with Crippen LogP contribution in [-0.4, -0.2) is 22.1 Å². The number of fused-ring (bicyclic) bond motifs is 1. The Bertz CT molecular complexity index is 1270. The zero-order valence-electron chi connectivity index (χ0n) is 16.9. The summed E-state index contributed by atoms with van der Waals surface area (Å²) in [4.78, 5) is 17.1. The maximum absolute atomic E-state index is 12.5. The number of para-hydroxylation sites is 1. The third-order valence-electron chi connectivity index (χ3n) is 5.08. The van der Waals surface area contributed by atoms with Gasteiger partial charge in [-0.3, -0.25) is 0 Å². The predicted octanol–water partition coefficient (Wildman–Crippen LogP) is 5.11. The number of carbonyl (C=O) groups excluding carboxylic acids is 1. The van der Waals surface area contributed by atoms with Crippen molar-refractivity contribution in [3.05, 3.63) is 89.2 Å². The van der Waals surface area contributed by atoms with E-state index in [1.54, 1.807) is 13.0 Å². The van der Waals surface area contributed by atoms with Crippen LogP contribution in [0.5, 0.6) is 0 Å². The van der Waals surface area contributed by atoms with E-state index in [9.17, 15) is 10.1 Å². The molecule has 0 aliphatic rings. The van der Waals surface area contributed by atoms with Gasteiger partial charge in [0, 0.05) is 6.54 Å². The molecule has 3 aromatic carbocycles. The minimum atomic E-state index is -0.360. The summed E-state index contributed by atoms with van der Waals surface area (Å²) in [6.45, 7) is 4.52. The highest BCUT2D eigenvalue weighted by Gasteiger charge is 2.18. The number of hydrogen-bond acceptors (Lipinski definition) is 4. The van der Waals surface area contributed by atoms with Crippen molar-refractivity contribution in [1.82, 2.24) is 9.55 Å². The highest BCUT2D eigenvalue weighted by atomic mass is 16.5. The maximum Gasteiger partial charge on any atom is 0.340 e. The smallest absolute Gasteiger partial charge is 0.340 e. The van der Waals surface area contributed by atoms with Crippen LogP contribution >= 0.6 is 0 Å². The van der Waals surface area contributed by atoms with E-state index >= 15 is 0 Å². The molecule has 5 nitrogen and oxygen atoms in total. The van der Waals surface area contributed by atoms with Crippen LogP contribution in [0.4, 0.5) is 0 Å². The normalized spacial score (nSPS) is 10.7. The first kappa shape index (κ1) is 19.4. The molecule has 0 spiro atoms. The van der Waals surface area contributed by atoms with Gasteiger partial charge in [-0.15, -0.1) is 0 Å². The Hall–Kier alpha value is -3.91. The summed E-state index contributed by atoms with van der Waals surface area (Å²) in [6.07, 6.45) is 0. The number of aromatic nitrogens is 2. The van der Waals surface area contributed by atoms with Gasteiger partial charge in [0.05, 0.1) is 34.8 Å².